The number of carbonyl (C=O) groups excluding carboxylic acids is 2. The zero-order chi connectivity index (χ0) is 15.4. The van der Waals surface area contributed by atoms with Crippen LogP contribution in [0.15, 0.2) is 18.2 Å². The van der Waals surface area contributed by atoms with Crippen LogP contribution in [0, 0.1) is 5.92 Å². The Bertz CT molecular complexity index is 548. The molecule has 0 bridgehead atoms. The Morgan fingerprint density at radius 3 is 2.57 bits per heavy atom. The summed E-state index contributed by atoms with van der Waals surface area (Å²) in [6.45, 7) is 2.09. The highest BCUT2D eigenvalue weighted by molar-refractivity contribution is 6.45. The fraction of sp³-hybridized carbons (Fsp3) is 0.467. The molecule has 114 valence electrons. The normalized spacial score (nSPS) is 21.7. The molecule has 1 aromatic rings. The lowest BCUT2D eigenvalue weighted by molar-refractivity contribution is -0.137. The second-order valence-electron chi connectivity index (χ2n) is 5.40. The summed E-state index contributed by atoms with van der Waals surface area (Å²) in [6, 6.07) is 4.93. The van der Waals surface area contributed by atoms with Gasteiger partial charge in [0.25, 0.3) is 0 Å². The van der Waals surface area contributed by atoms with Crippen molar-refractivity contribution >= 4 is 40.7 Å². The number of nitrogens with one attached hydrogen (secondary N) is 2. The first-order chi connectivity index (χ1) is 9.99. The topological polar surface area (TPSA) is 58.2 Å². The Hall–Kier alpha value is -1.26. The molecule has 0 aromatic heterocycles. The van der Waals surface area contributed by atoms with Gasteiger partial charge in [0.1, 0.15) is 0 Å². The minimum Gasteiger partial charge on any atom is -0.345 e. The van der Waals surface area contributed by atoms with E-state index in [2.05, 4.69) is 17.6 Å². The Morgan fingerprint density at radius 1 is 1.14 bits per heavy atom. The molecule has 1 aliphatic rings. The van der Waals surface area contributed by atoms with E-state index < -0.39 is 11.8 Å². The molecule has 21 heavy (non-hydrogen) atoms. The number of hydrogen-bond acceptors (Lipinski definition) is 2. The molecule has 2 rings (SSSR count). The molecular weight excluding hydrogens is 311 g/mol. The molecule has 1 saturated carbocycles. The number of carbonyl (C=O) groups is 2. The van der Waals surface area contributed by atoms with Crippen molar-refractivity contribution in [3.63, 3.8) is 0 Å². The molecule has 1 fully saturated rings. The van der Waals surface area contributed by atoms with Crippen LogP contribution in [0.5, 0.6) is 0 Å². The van der Waals surface area contributed by atoms with Crippen LogP contribution in [0.1, 0.15) is 32.6 Å². The fourth-order valence-corrected chi connectivity index (χ4v) is 2.89. The molecule has 6 heteroatoms. The van der Waals surface area contributed by atoms with E-state index in [-0.39, 0.29) is 11.1 Å². The molecular formula is C15H18Cl2N2O2. The quantitative estimate of drug-likeness (QED) is 0.814. The van der Waals surface area contributed by atoms with E-state index in [0.717, 1.165) is 19.3 Å². The Morgan fingerprint density at radius 2 is 1.86 bits per heavy atom. The highest BCUT2D eigenvalue weighted by Gasteiger charge is 2.25. The lowest BCUT2D eigenvalue weighted by Gasteiger charge is -2.29. The van der Waals surface area contributed by atoms with Gasteiger partial charge >= 0.3 is 11.8 Å². The molecule has 1 aromatic carbocycles. The zero-order valence-corrected chi connectivity index (χ0v) is 13.3. The van der Waals surface area contributed by atoms with Crippen molar-refractivity contribution in [3.8, 4) is 0 Å². The van der Waals surface area contributed by atoms with Gasteiger partial charge in [-0.25, -0.2) is 0 Å². The van der Waals surface area contributed by atoms with E-state index in [0.29, 0.717) is 16.6 Å². The highest BCUT2D eigenvalue weighted by Crippen LogP contribution is 2.29. The summed E-state index contributed by atoms with van der Waals surface area (Å²) in [4.78, 5) is 23.9. The summed E-state index contributed by atoms with van der Waals surface area (Å²) in [5.41, 5.74) is 0.334. The average molecular weight is 329 g/mol. The molecule has 0 spiro atoms. The Balaban J connectivity index is 1.96. The first-order valence-electron chi connectivity index (χ1n) is 7.05. The molecule has 0 heterocycles. The monoisotopic (exact) mass is 328 g/mol. The van der Waals surface area contributed by atoms with Crippen molar-refractivity contribution in [2.24, 2.45) is 5.92 Å². The van der Waals surface area contributed by atoms with Gasteiger partial charge in [0.05, 0.1) is 15.7 Å². The maximum atomic E-state index is 12.0. The SMILES string of the molecule is C[C@H]1CCCC[C@H]1NC(=O)C(=O)Nc1cccc(Cl)c1Cl. The Labute approximate surface area is 134 Å². The van der Waals surface area contributed by atoms with Crippen LogP contribution in [0.3, 0.4) is 0 Å². The van der Waals surface area contributed by atoms with E-state index in [1.54, 1.807) is 18.2 Å². The minimum atomic E-state index is -0.725. The van der Waals surface area contributed by atoms with Crippen LogP contribution < -0.4 is 10.6 Å². The van der Waals surface area contributed by atoms with Crippen molar-refractivity contribution in [1.82, 2.24) is 5.32 Å². The van der Waals surface area contributed by atoms with Crippen LogP contribution in [0.4, 0.5) is 5.69 Å². The van der Waals surface area contributed by atoms with Gasteiger partial charge in [0.2, 0.25) is 0 Å². The van der Waals surface area contributed by atoms with E-state index >= 15 is 0 Å². The lowest BCUT2D eigenvalue weighted by atomic mass is 9.86. The molecule has 2 atom stereocenters. The molecule has 0 unspecified atom stereocenters. The second-order valence-corrected chi connectivity index (χ2v) is 6.18. The number of halogens is 2. The number of rotatable bonds is 2. The summed E-state index contributed by atoms with van der Waals surface area (Å²) >= 11 is 11.8. The van der Waals surface area contributed by atoms with Crippen molar-refractivity contribution in [1.29, 1.82) is 0 Å². The van der Waals surface area contributed by atoms with Gasteiger partial charge in [-0.05, 0) is 30.9 Å². The Kier molecular flexibility index (Phi) is 5.48. The number of benzene rings is 1. The maximum Gasteiger partial charge on any atom is 0.313 e. The molecule has 0 saturated heterocycles. The minimum absolute atomic E-state index is 0.0619. The predicted molar refractivity (Wildman–Crippen MR) is 84.7 cm³/mol. The third kappa shape index (κ3) is 4.11. The van der Waals surface area contributed by atoms with Gasteiger partial charge in [-0.15, -0.1) is 0 Å². The van der Waals surface area contributed by atoms with Gasteiger partial charge in [-0.3, -0.25) is 9.59 Å². The van der Waals surface area contributed by atoms with Crippen molar-refractivity contribution in [3.05, 3.63) is 28.2 Å². The van der Waals surface area contributed by atoms with Gasteiger partial charge in [-0.2, -0.15) is 0 Å². The molecule has 0 aliphatic heterocycles. The smallest absolute Gasteiger partial charge is 0.313 e. The average Bonchev–Trinajstić information content (AvgIpc) is 2.46. The van der Waals surface area contributed by atoms with Gasteiger partial charge in [0, 0.05) is 6.04 Å². The van der Waals surface area contributed by atoms with Crippen LogP contribution >= 0.6 is 23.2 Å². The van der Waals surface area contributed by atoms with Gasteiger partial charge in [0.15, 0.2) is 0 Å². The number of anilines is 1. The van der Waals surface area contributed by atoms with Crippen LogP contribution in [-0.2, 0) is 9.59 Å². The molecule has 1 aliphatic carbocycles. The highest BCUT2D eigenvalue weighted by atomic mass is 35.5. The van der Waals surface area contributed by atoms with Crippen LogP contribution in [0.25, 0.3) is 0 Å². The largest absolute Gasteiger partial charge is 0.345 e. The molecule has 4 nitrogen and oxygen atoms in total. The third-order valence-electron chi connectivity index (χ3n) is 3.83. The summed E-state index contributed by atoms with van der Waals surface area (Å²) in [7, 11) is 0. The maximum absolute atomic E-state index is 12.0. The molecule has 2 amide bonds. The van der Waals surface area contributed by atoms with Crippen LogP contribution in [0.2, 0.25) is 10.0 Å². The first kappa shape index (κ1) is 16.1. The van der Waals surface area contributed by atoms with Gasteiger partial charge in [-0.1, -0.05) is 49.0 Å². The van der Waals surface area contributed by atoms with E-state index in [9.17, 15) is 9.59 Å². The second kappa shape index (κ2) is 7.14. The van der Waals surface area contributed by atoms with Crippen molar-refractivity contribution in [2.75, 3.05) is 5.32 Å². The van der Waals surface area contributed by atoms with E-state index in [1.807, 2.05) is 0 Å². The van der Waals surface area contributed by atoms with Crippen LogP contribution in [-0.4, -0.2) is 17.9 Å². The summed E-state index contributed by atoms with van der Waals surface area (Å²) in [6.07, 6.45) is 4.25. The first-order valence-corrected chi connectivity index (χ1v) is 7.80. The fourth-order valence-electron chi connectivity index (χ4n) is 2.54. The number of hydrogen-bond donors (Lipinski definition) is 2. The van der Waals surface area contributed by atoms with Crippen molar-refractivity contribution in [2.45, 2.75) is 38.6 Å². The van der Waals surface area contributed by atoms with Gasteiger partial charge < -0.3 is 10.6 Å². The molecule has 0 radical (unpaired) electrons. The zero-order valence-electron chi connectivity index (χ0n) is 11.8. The number of amides is 2. The summed E-state index contributed by atoms with van der Waals surface area (Å²) in [5.74, 6) is -0.966. The summed E-state index contributed by atoms with van der Waals surface area (Å²) < 4.78 is 0. The van der Waals surface area contributed by atoms with E-state index in [4.69, 9.17) is 23.2 Å². The standard InChI is InChI=1S/C15H18Cl2N2O2/c1-9-5-2-3-7-11(9)18-14(20)15(21)19-12-8-4-6-10(16)13(12)17/h4,6,8-9,11H,2-3,5,7H2,1H3,(H,18,20)(H,19,21)/t9-,11+/m0/s1. The van der Waals surface area contributed by atoms with Crippen molar-refractivity contribution < 1.29 is 9.59 Å². The predicted octanol–water partition coefficient (Wildman–Crippen LogP) is 3.63. The lowest BCUT2D eigenvalue weighted by Crippen LogP contribution is -2.45. The summed E-state index contributed by atoms with van der Waals surface area (Å²) in [5, 5.41) is 5.84. The third-order valence-corrected chi connectivity index (χ3v) is 4.65. The molecule has 2 N–H and O–H groups in total. The van der Waals surface area contributed by atoms with E-state index in [1.165, 1.54) is 6.42 Å².